The van der Waals surface area contributed by atoms with E-state index >= 15 is 0 Å². The van der Waals surface area contributed by atoms with Gasteiger partial charge in [0.2, 0.25) is 0 Å². The van der Waals surface area contributed by atoms with Crippen molar-refractivity contribution in [3.8, 4) is 0 Å². The van der Waals surface area contributed by atoms with Gasteiger partial charge in [0.15, 0.2) is 5.69 Å². The van der Waals surface area contributed by atoms with Gasteiger partial charge in [0.1, 0.15) is 5.82 Å². The van der Waals surface area contributed by atoms with Gasteiger partial charge in [-0.3, -0.25) is 9.59 Å². The highest BCUT2D eigenvalue weighted by Crippen LogP contribution is 2.14. The third-order valence-corrected chi connectivity index (χ3v) is 4.45. The minimum Gasteiger partial charge on any atom is -0.346 e. The fraction of sp³-hybridized carbons (Fsp3) is 0.286. The van der Waals surface area contributed by atoms with Gasteiger partial charge >= 0.3 is 0 Å². The Balaban J connectivity index is 1.92. The second-order valence-electron chi connectivity index (χ2n) is 6.40. The number of aryl methyl sites for hydroxylation is 1. The van der Waals surface area contributed by atoms with Crippen molar-refractivity contribution >= 4 is 16.7 Å². The highest BCUT2D eigenvalue weighted by atomic mass is 19.1. The van der Waals surface area contributed by atoms with Gasteiger partial charge < -0.3 is 5.32 Å². The molecule has 27 heavy (non-hydrogen) atoms. The van der Waals surface area contributed by atoms with Crippen LogP contribution >= 0.6 is 0 Å². The molecule has 0 aliphatic rings. The lowest BCUT2D eigenvalue weighted by atomic mass is 10.1. The van der Waals surface area contributed by atoms with Crippen LogP contribution < -0.4 is 10.9 Å². The number of amides is 1. The number of fused-ring (bicyclic) bond motifs is 1. The molecule has 5 nitrogen and oxygen atoms in total. The lowest BCUT2D eigenvalue weighted by molar-refractivity contribution is 0.0945. The summed E-state index contributed by atoms with van der Waals surface area (Å²) >= 11 is 0. The first-order valence-electron chi connectivity index (χ1n) is 9.13. The molecule has 140 valence electrons. The Morgan fingerprint density at radius 1 is 1.07 bits per heavy atom. The Labute approximate surface area is 156 Å². The molecule has 0 atom stereocenters. The SMILES string of the molecule is CCCCCn1nc(C(=O)NCc2ccccc2F)c2ccccc2c1=O. The highest BCUT2D eigenvalue weighted by Gasteiger charge is 2.16. The summed E-state index contributed by atoms with van der Waals surface area (Å²) < 4.78 is 15.1. The lowest BCUT2D eigenvalue weighted by Crippen LogP contribution is -2.30. The van der Waals surface area contributed by atoms with Gasteiger partial charge in [0.25, 0.3) is 11.5 Å². The van der Waals surface area contributed by atoms with Crippen molar-refractivity contribution in [2.45, 2.75) is 39.3 Å². The van der Waals surface area contributed by atoms with E-state index in [0.29, 0.717) is 22.9 Å². The number of hydrogen-bond acceptors (Lipinski definition) is 3. The van der Waals surface area contributed by atoms with Crippen molar-refractivity contribution in [3.63, 3.8) is 0 Å². The second kappa shape index (κ2) is 8.58. The number of nitrogens with one attached hydrogen (secondary N) is 1. The number of carbonyl (C=O) groups is 1. The van der Waals surface area contributed by atoms with Crippen molar-refractivity contribution in [2.24, 2.45) is 0 Å². The van der Waals surface area contributed by atoms with E-state index < -0.39 is 5.91 Å². The van der Waals surface area contributed by atoms with E-state index in [2.05, 4.69) is 17.3 Å². The van der Waals surface area contributed by atoms with Crippen LogP contribution in [0.5, 0.6) is 0 Å². The predicted octanol–water partition coefficient (Wildman–Crippen LogP) is 3.66. The molecule has 6 heteroatoms. The van der Waals surface area contributed by atoms with E-state index in [0.717, 1.165) is 19.3 Å². The first kappa shape index (κ1) is 18.8. The van der Waals surface area contributed by atoms with E-state index in [9.17, 15) is 14.0 Å². The first-order chi connectivity index (χ1) is 13.1. The lowest BCUT2D eigenvalue weighted by Gasteiger charge is -2.11. The average molecular weight is 367 g/mol. The number of benzene rings is 2. The van der Waals surface area contributed by atoms with Gasteiger partial charge in [0, 0.05) is 24.0 Å². The first-order valence-corrected chi connectivity index (χ1v) is 9.13. The molecular formula is C21H22FN3O2. The van der Waals surface area contributed by atoms with Crippen molar-refractivity contribution in [3.05, 3.63) is 76.0 Å². The maximum atomic E-state index is 13.8. The molecule has 0 unspecified atom stereocenters. The average Bonchev–Trinajstić information content (AvgIpc) is 2.69. The summed E-state index contributed by atoms with van der Waals surface area (Å²) in [4.78, 5) is 25.4. The van der Waals surface area contributed by atoms with Gasteiger partial charge in [-0.15, -0.1) is 0 Å². The molecule has 1 amide bonds. The topological polar surface area (TPSA) is 64.0 Å². The van der Waals surface area contributed by atoms with E-state index in [4.69, 9.17) is 0 Å². The maximum absolute atomic E-state index is 13.8. The summed E-state index contributed by atoms with van der Waals surface area (Å²) in [6, 6.07) is 13.2. The third kappa shape index (κ3) is 4.22. The summed E-state index contributed by atoms with van der Waals surface area (Å²) in [5.41, 5.74) is 0.372. The molecule has 0 radical (unpaired) electrons. The normalized spacial score (nSPS) is 10.9. The van der Waals surface area contributed by atoms with E-state index in [1.165, 1.54) is 10.7 Å². The Kier molecular flexibility index (Phi) is 5.96. The Bertz CT molecular complexity index is 1010. The smallest absolute Gasteiger partial charge is 0.274 e. The molecule has 0 aliphatic heterocycles. The fourth-order valence-corrected chi connectivity index (χ4v) is 2.97. The summed E-state index contributed by atoms with van der Waals surface area (Å²) in [7, 11) is 0. The van der Waals surface area contributed by atoms with E-state index in [-0.39, 0.29) is 23.6 Å². The zero-order valence-electron chi connectivity index (χ0n) is 15.2. The molecule has 0 saturated carbocycles. The molecular weight excluding hydrogens is 345 g/mol. The minimum atomic E-state index is -0.432. The quantitative estimate of drug-likeness (QED) is 0.648. The van der Waals surface area contributed by atoms with E-state index in [1.807, 2.05) is 0 Å². The van der Waals surface area contributed by atoms with Crippen molar-refractivity contribution in [1.29, 1.82) is 0 Å². The molecule has 0 aliphatic carbocycles. The summed E-state index contributed by atoms with van der Waals surface area (Å²) in [5.74, 6) is -0.807. The van der Waals surface area contributed by atoms with Crippen LogP contribution in [-0.4, -0.2) is 15.7 Å². The van der Waals surface area contributed by atoms with Crippen LogP contribution in [0.25, 0.3) is 10.8 Å². The third-order valence-electron chi connectivity index (χ3n) is 4.45. The summed E-state index contributed by atoms with van der Waals surface area (Å²) in [6.07, 6.45) is 2.83. The van der Waals surface area contributed by atoms with Crippen LogP contribution in [0.15, 0.2) is 53.3 Å². The molecule has 0 bridgehead atoms. The van der Waals surface area contributed by atoms with Crippen LogP contribution in [0.2, 0.25) is 0 Å². The Hall–Kier alpha value is -3.02. The number of unbranched alkanes of at least 4 members (excludes halogenated alkanes) is 2. The molecule has 1 aromatic heterocycles. The number of halogens is 1. The van der Waals surface area contributed by atoms with Gasteiger partial charge in [0.05, 0.1) is 5.39 Å². The van der Waals surface area contributed by atoms with Gasteiger partial charge in [-0.05, 0) is 18.6 Å². The van der Waals surface area contributed by atoms with Crippen LogP contribution in [0.3, 0.4) is 0 Å². The van der Waals surface area contributed by atoms with Crippen molar-refractivity contribution in [2.75, 3.05) is 0 Å². The van der Waals surface area contributed by atoms with Crippen molar-refractivity contribution in [1.82, 2.24) is 15.1 Å². The Morgan fingerprint density at radius 2 is 1.78 bits per heavy atom. The number of aromatic nitrogens is 2. The monoisotopic (exact) mass is 367 g/mol. The molecule has 0 fully saturated rings. The largest absolute Gasteiger partial charge is 0.346 e. The number of hydrogen-bond donors (Lipinski definition) is 1. The van der Waals surface area contributed by atoms with Crippen LogP contribution in [0.4, 0.5) is 4.39 Å². The number of rotatable bonds is 7. The maximum Gasteiger partial charge on any atom is 0.274 e. The molecule has 1 heterocycles. The molecule has 0 saturated heterocycles. The molecule has 2 aromatic carbocycles. The molecule has 1 N–H and O–H groups in total. The minimum absolute atomic E-state index is 0.0521. The summed E-state index contributed by atoms with van der Waals surface area (Å²) in [5, 5.41) is 7.97. The van der Waals surface area contributed by atoms with Gasteiger partial charge in [-0.25, -0.2) is 9.07 Å². The van der Waals surface area contributed by atoms with Crippen molar-refractivity contribution < 1.29 is 9.18 Å². The summed E-state index contributed by atoms with van der Waals surface area (Å²) in [6.45, 7) is 2.60. The zero-order chi connectivity index (χ0) is 19.2. The molecule has 3 aromatic rings. The van der Waals surface area contributed by atoms with Crippen LogP contribution in [0.1, 0.15) is 42.2 Å². The zero-order valence-corrected chi connectivity index (χ0v) is 15.2. The van der Waals surface area contributed by atoms with Gasteiger partial charge in [-0.2, -0.15) is 5.10 Å². The fourth-order valence-electron chi connectivity index (χ4n) is 2.97. The van der Waals surface area contributed by atoms with Gasteiger partial charge in [-0.1, -0.05) is 56.2 Å². The second-order valence-corrected chi connectivity index (χ2v) is 6.40. The number of nitrogens with zero attached hydrogens (tertiary/aromatic N) is 2. The highest BCUT2D eigenvalue weighted by molar-refractivity contribution is 6.04. The number of carbonyl (C=O) groups excluding carboxylic acids is 1. The standard InChI is InChI=1S/C21H22FN3O2/c1-2-3-8-13-25-21(27)17-11-6-5-10-16(17)19(24-25)20(26)23-14-15-9-4-7-12-18(15)22/h4-7,9-12H,2-3,8,13-14H2,1H3,(H,23,26). The van der Waals surface area contributed by atoms with Crippen LogP contribution in [0, 0.1) is 5.82 Å². The predicted molar refractivity (Wildman–Crippen MR) is 103 cm³/mol. The molecule has 0 spiro atoms. The van der Waals surface area contributed by atoms with E-state index in [1.54, 1.807) is 42.5 Å². The Morgan fingerprint density at radius 3 is 2.52 bits per heavy atom. The molecule has 3 rings (SSSR count). The van der Waals surface area contributed by atoms with Crippen LogP contribution in [-0.2, 0) is 13.1 Å².